The molecule has 1 spiro atoms. The van der Waals surface area contributed by atoms with Gasteiger partial charge in [0.25, 0.3) is 5.91 Å². The lowest BCUT2D eigenvalue weighted by Gasteiger charge is -2.54. The average Bonchev–Trinajstić information content (AvgIpc) is 3.38. The van der Waals surface area contributed by atoms with Crippen LogP contribution < -0.4 is 5.32 Å². The van der Waals surface area contributed by atoms with Gasteiger partial charge in [-0.3, -0.25) is 4.79 Å². The van der Waals surface area contributed by atoms with E-state index in [9.17, 15) is 9.59 Å². The smallest absolute Gasteiger partial charge is 0.410 e. The summed E-state index contributed by atoms with van der Waals surface area (Å²) < 4.78 is 13.7. The van der Waals surface area contributed by atoms with E-state index < -0.39 is 16.7 Å². The van der Waals surface area contributed by atoms with E-state index in [-0.39, 0.29) is 23.3 Å². The Labute approximate surface area is 253 Å². The maximum Gasteiger partial charge on any atom is 0.410 e. The summed E-state index contributed by atoms with van der Waals surface area (Å²) in [6.45, 7) is 10.1. The number of hydrogen-bond acceptors (Lipinski definition) is 5. The molecule has 1 aromatic heterocycles. The molecule has 1 N–H and O–H groups in total. The van der Waals surface area contributed by atoms with Crippen LogP contribution in [0.1, 0.15) is 56.6 Å². The first-order chi connectivity index (χ1) is 19.1. The molecule has 0 radical (unpaired) electrons. The quantitative estimate of drug-likeness (QED) is 0.346. The minimum absolute atomic E-state index is 0.273. The van der Waals surface area contributed by atoms with E-state index in [0.29, 0.717) is 57.9 Å². The topological polar surface area (TPSA) is 85.7 Å². The summed E-state index contributed by atoms with van der Waals surface area (Å²) in [5, 5.41) is 9.55. The Bertz CT molecular complexity index is 1570. The number of carbonyl (C=O) groups is 2. The van der Waals surface area contributed by atoms with E-state index >= 15 is 0 Å². The number of benzene rings is 2. The third-order valence-corrected chi connectivity index (χ3v) is 8.95. The van der Waals surface area contributed by atoms with Crippen molar-refractivity contribution in [1.82, 2.24) is 20.0 Å². The SMILES string of the molecule is Cc1c(C(=O)NC23CC(C)(C2)OC32CN(C(=O)OC(C)(C)C)C2)nn(-c2ccc(Cl)cc2Cl)c1-c1ccc(Cl)cc1. The number of hydrogen-bond donors (Lipinski definition) is 1. The van der Waals surface area contributed by atoms with Crippen molar-refractivity contribution in [2.24, 2.45) is 0 Å². The molecule has 11 heteroatoms. The molecule has 2 amide bonds. The van der Waals surface area contributed by atoms with Crippen molar-refractivity contribution < 1.29 is 19.1 Å². The van der Waals surface area contributed by atoms with Crippen molar-refractivity contribution in [3.63, 3.8) is 0 Å². The summed E-state index contributed by atoms with van der Waals surface area (Å²) in [6, 6.07) is 12.5. The number of ether oxygens (including phenoxy) is 2. The van der Waals surface area contributed by atoms with Crippen molar-refractivity contribution in [2.75, 3.05) is 13.1 Å². The van der Waals surface area contributed by atoms with Crippen LogP contribution in [0.4, 0.5) is 4.79 Å². The molecule has 216 valence electrons. The molecule has 3 aliphatic heterocycles. The Morgan fingerprint density at radius 2 is 1.66 bits per heavy atom. The minimum Gasteiger partial charge on any atom is -0.444 e. The molecule has 1 saturated carbocycles. The molecule has 7 rings (SSSR count). The van der Waals surface area contributed by atoms with Gasteiger partial charge in [-0.1, -0.05) is 46.9 Å². The van der Waals surface area contributed by atoms with E-state index in [1.165, 1.54) is 0 Å². The standard InChI is InChI=1S/C30H31Cl3N4O4/c1-17-23(35-37(22-11-10-20(32)12-21(22)33)24(17)18-6-8-19(31)9-7-18)25(38)34-29-13-28(5,14-29)41-30(29)15-36(16-30)26(39)40-27(2,3)4/h6-12H,13-16H2,1-5H3,(H,34,38). The van der Waals surface area contributed by atoms with Gasteiger partial charge in [0.05, 0.1) is 40.6 Å². The summed E-state index contributed by atoms with van der Waals surface area (Å²) in [5.41, 5.74) is 0.838. The number of carbonyl (C=O) groups excluding carboxylic acids is 2. The molecular formula is C30H31Cl3N4O4. The first-order valence-corrected chi connectivity index (χ1v) is 14.6. The van der Waals surface area contributed by atoms with Gasteiger partial charge in [0.2, 0.25) is 0 Å². The van der Waals surface area contributed by atoms with Crippen LogP contribution >= 0.6 is 34.8 Å². The molecule has 0 atom stereocenters. The fraction of sp³-hybridized carbons (Fsp3) is 0.433. The third-order valence-electron chi connectivity index (χ3n) is 8.16. The zero-order chi connectivity index (χ0) is 29.5. The van der Waals surface area contributed by atoms with Gasteiger partial charge in [-0.2, -0.15) is 5.10 Å². The second-order valence-electron chi connectivity index (χ2n) is 12.6. The van der Waals surface area contributed by atoms with Gasteiger partial charge >= 0.3 is 6.09 Å². The predicted molar refractivity (Wildman–Crippen MR) is 158 cm³/mol. The predicted octanol–water partition coefficient (Wildman–Crippen LogP) is 6.85. The monoisotopic (exact) mass is 616 g/mol. The van der Waals surface area contributed by atoms with Gasteiger partial charge in [-0.15, -0.1) is 0 Å². The van der Waals surface area contributed by atoms with E-state index in [2.05, 4.69) is 5.32 Å². The minimum atomic E-state index is -0.677. The first kappa shape index (κ1) is 28.3. The van der Waals surface area contributed by atoms with Crippen LogP contribution in [0.15, 0.2) is 42.5 Å². The van der Waals surface area contributed by atoms with Crippen LogP contribution in [0.25, 0.3) is 16.9 Å². The zero-order valence-electron chi connectivity index (χ0n) is 23.5. The number of rotatable bonds is 4. The van der Waals surface area contributed by atoms with Gasteiger partial charge < -0.3 is 19.7 Å². The van der Waals surface area contributed by atoms with Gasteiger partial charge in [0, 0.05) is 34.0 Å². The van der Waals surface area contributed by atoms with Crippen LogP contribution in [0.5, 0.6) is 0 Å². The van der Waals surface area contributed by atoms with Crippen LogP contribution in [-0.4, -0.2) is 62.1 Å². The molecule has 2 bridgehead atoms. The van der Waals surface area contributed by atoms with Crippen molar-refractivity contribution >= 4 is 46.8 Å². The Hall–Kier alpha value is -2.78. The number of likely N-dealkylation sites (tertiary alicyclic amines) is 1. The molecule has 3 saturated heterocycles. The Balaban J connectivity index is 1.33. The van der Waals surface area contributed by atoms with Gasteiger partial charge in [-0.05, 0) is 65.0 Å². The van der Waals surface area contributed by atoms with Gasteiger partial charge in [0.15, 0.2) is 5.69 Å². The molecule has 0 unspecified atom stereocenters. The zero-order valence-corrected chi connectivity index (χ0v) is 25.7. The van der Waals surface area contributed by atoms with Crippen LogP contribution in [0.2, 0.25) is 15.1 Å². The molecule has 2 aromatic carbocycles. The third kappa shape index (κ3) is 4.69. The van der Waals surface area contributed by atoms with Gasteiger partial charge in [-0.25, -0.2) is 9.48 Å². The highest BCUT2D eigenvalue weighted by atomic mass is 35.5. The lowest BCUT2D eigenvalue weighted by molar-refractivity contribution is -0.138. The Kier molecular flexibility index (Phi) is 6.47. The number of nitrogens with one attached hydrogen (secondary N) is 1. The fourth-order valence-electron chi connectivity index (χ4n) is 6.55. The molecule has 1 aliphatic carbocycles. The molecule has 41 heavy (non-hydrogen) atoms. The molecule has 4 aliphatic rings. The van der Waals surface area contributed by atoms with Crippen molar-refractivity contribution in [2.45, 2.75) is 69.8 Å². The molecular weight excluding hydrogens is 587 g/mol. The maximum atomic E-state index is 14.0. The van der Waals surface area contributed by atoms with E-state index in [4.69, 9.17) is 49.4 Å². The summed E-state index contributed by atoms with van der Waals surface area (Å²) in [6.07, 6.45) is 0.922. The van der Waals surface area contributed by atoms with Gasteiger partial charge in [0.1, 0.15) is 11.2 Å². The number of amides is 2. The summed E-state index contributed by atoms with van der Waals surface area (Å²) in [7, 11) is 0. The highest BCUT2D eigenvalue weighted by Crippen LogP contribution is 2.63. The lowest BCUT2D eigenvalue weighted by atomic mass is 9.60. The molecule has 8 nitrogen and oxygen atoms in total. The highest BCUT2D eigenvalue weighted by molar-refractivity contribution is 6.35. The van der Waals surface area contributed by atoms with Crippen molar-refractivity contribution in [3.8, 4) is 16.9 Å². The van der Waals surface area contributed by atoms with E-state index in [1.54, 1.807) is 39.9 Å². The molecule has 4 fully saturated rings. The van der Waals surface area contributed by atoms with E-state index in [0.717, 1.165) is 5.56 Å². The summed E-state index contributed by atoms with van der Waals surface area (Å²) in [5.74, 6) is -0.316. The largest absolute Gasteiger partial charge is 0.444 e. The average molecular weight is 618 g/mol. The first-order valence-electron chi connectivity index (χ1n) is 13.4. The lowest BCUT2D eigenvalue weighted by Crippen LogP contribution is -2.76. The van der Waals surface area contributed by atoms with Crippen LogP contribution in [-0.2, 0) is 9.47 Å². The van der Waals surface area contributed by atoms with Crippen LogP contribution in [0.3, 0.4) is 0 Å². The Morgan fingerprint density at radius 3 is 2.27 bits per heavy atom. The van der Waals surface area contributed by atoms with Crippen molar-refractivity contribution in [3.05, 3.63) is 68.8 Å². The number of nitrogens with zero attached hydrogens (tertiary/aromatic N) is 3. The fourth-order valence-corrected chi connectivity index (χ4v) is 7.16. The normalized spacial score (nSPS) is 24.1. The molecule has 4 heterocycles. The second kappa shape index (κ2) is 9.36. The highest BCUT2D eigenvalue weighted by Gasteiger charge is 2.77. The summed E-state index contributed by atoms with van der Waals surface area (Å²) in [4.78, 5) is 28.3. The Morgan fingerprint density at radius 1 is 1.02 bits per heavy atom. The molecule has 3 aromatic rings. The van der Waals surface area contributed by atoms with Crippen molar-refractivity contribution in [1.29, 1.82) is 0 Å². The van der Waals surface area contributed by atoms with E-state index in [1.807, 2.05) is 46.8 Å². The maximum absolute atomic E-state index is 14.0. The number of aromatic nitrogens is 2. The van der Waals surface area contributed by atoms with Crippen LogP contribution in [0, 0.1) is 6.92 Å². The summed E-state index contributed by atoms with van der Waals surface area (Å²) >= 11 is 18.9. The number of halogens is 3. The second-order valence-corrected chi connectivity index (χ2v) is 13.9.